The zero-order chi connectivity index (χ0) is 15.5. The van der Waals surface area contributed by atoms with E-state index in [1.165, 1.54) is 0 Å². The molecule has 3 rings (SSSR count). The lowest BCUT2D eigenvalue weighted by Crippen LogP contribution is -2.00. The molecule has 0 atom stereocenters. The molecule has 0 saturated carbocycles. The first-order valence-corrected chi connectivity index (χ1v) is 7.10. The normalized spacial score (nSPS) is 11.1. The summed E-state index contributed by atoms with van der Waals surface area (Å²) in [5, 5.41) is 0.587. The molecule has 0 bridgehead atoms. The van der Waals surface area contributed by atoms with Crippen molar-refractivity contribution in [2.45, 2.75) is 6.92 Å². The van der Waals surface area contributed by atoms with Crippen molar-refractivity contribution in [3.8, 4) is 11.3 Å². The second kappa shape index (κ2) is 5.86. The molecule has 2 aromatic carbocycles. The van der Waals surface area contributed by atoms with E-state index in [1.807, 2.05) is 67.6 Å². The smallest absolute Gasteiger partial charge is 0.193 e. The molecule has 0 N–H and O–H groups in total. The highest BCUT2D eigenvalue weighted by atomic mass is 16.3. The Kier molecular flexibility index (Phi) is 3.75. The third kappa shape index (κ3) is 2.91. The summed E-state index contributed by atoms with van der Waals surface area (Å²) in [6.45, 7) is 5.76. The lowest BCUT2D eigenvalue weighted by Gasteiger charge is -2.04. The summed E-state index contributed by atoms with van der Waals surface area (Å²) < 4.78 is 5.87. The Morgan fingerprint density at radius 3 is 2.59 bits per heavy atom. The molecule has 2 heteroatoms. The highest BCUT2D eigenvalue weighted by molar-refractivity contribution is 5.81. The van der Waals surface area contributed by atoms with Gasteiger partial charge in [-0.05, 0) is 24.6 Å². The van der Waals surface area contributed by atoms with E-state index < -0.39 is 0 Å². The molecule has 0 aliphatic carbocycles. The van der Waals surface area contributed by atoms with Gasteiger partial charge in [-0.1, -0.05) is 60.7 Å². The van der Waals surface area contributed by atoms with Crippen molar-refractivity contribution in [2.75, 3.05) is 0 Å². The quantitative estimate of drug-likeness (QED) is 0.631. The summed E-state index contributed by atoms with van der Waals surface area (Å²) in [6, 6.07) is 16.8. The van der Waals surface area contributed by atoms with Crippen molar-refractivity contribution >= 4 is 17.0 Å². The zero-order valence-corrected chi connectivity index (χ0v) is 12.4. The van der Waals surface area contributed by atoms with E-state index in [0.717, 1.165) is 16.7 Å². The van der Waals surface area contributed by atoms with E-state index in [1.54, 1.807) is 6.07 Å². The van der Waals surface area contributed by atoms with Gasteiger partial charge in [0, 0.05) is 11.6 Å². The summed E-state index contributed by atoms with van der Waals surface area (Å²) in [6.07, 6.45) is 3.85. The minimum absolute atomic E-state index is 0.0364. The molecular weight excluding hydrogens is 272 g/mol. The molecule has 0 spiro atoms. The SMILES string of the molecule is C=C(C)/C=C/c1ccc2oc(-c3ccccc3)cc(=O)c2c1. The van der Waals surface area contributed by atoms with Crippen LogP contribution in [0.4, 0.5) is 0 Å². The maximum Gasteiger partial charge on any atom is 0.193 e. The highest BCUT2D eigenvalue weighted by Gasteiger charge is 2.06. The van der Waals surface area contributed by atoms with Crippen molar-refractivity contribution in [2.24, 2.45) is 0 Å². The zero-order valence-electron chi connectivity index (χ0n) is 12.4. The number of benzene rings is 2. The average Bonchev–Trinajstić information content (AvgIpc) is 2.54. The fraction of sp³-hybridized carbons (Fsp3) is 0.0500. The van der Waals surface area contributed by atoms with Crippen LogP contribution < -0.4 is 5.43 Å². The largest absolute Gasteiger partial charge is 0.456 e. The minimum Gasteiger partial charge on any atom is -0.456 e. The lowest BCUT2D eigenvalue weighted by atomic mass is 10.1. The van der Waals surface area contributed by atoms with E-state index in [-0.39, 0.29) is 5.43 Å². The molecule has 0 radical (unpaired) electrons. The predicted molar refractivity (Wildman–Crippen MR) is 91.8 cm³/mol. The molecule has 1 aromatic heterocycles. The van der Waals surface area contributed by atoms with Gasteiger partial charge >= 0.3 is 0 Å². The molecule has 0 fully saturated rings. The second-order valence-corrected chi connectivity index (χ2v) is 5.28. The van der Waals surface area contributed by atoms with Crippen LogP contribution in [0.3, 0.4) is 0 Å². The molecule has 0 unspecified atom stereocenters. The Morgan fingerprint density at radius 2 is 1.86 bits per heavy atom. The first kappa shape index (κ1) is 14.1. The molecule has 0 aliphatic rings. The van der Waals surface area contributed by atoms with Gasteiger partial charge < -0.3 is 4.42 Å². The van der Waals surface area contributed by atoms with Crippen molar-refractivity contribution in [3.05, 3.63) is 88.6 Å². The van der Waals surface area contributed by atoms with Gasteiger partial charge in [0.1, 0.15) is 11.3 Å². The summed E-state index contributed by atoms with van der Waals surface area (Å²) in [4.78, 5) is 12.4. The monoisotopic (exact) mass is 288 g/mol. The van der Waals surface area contributed by atoms with Gasteiger partial charge in [0.2, 0.25) is 0 Å². The molecule has 0 aliphatic heterocycles. The van der Waals surface area contributed by atoms with Gasteiger partial charge in [-0.15, -0.1) is 0 Å². The minimum atomic E-state index is -0.0364. The Morgan fingerprint density at radius 1 is 1.09 bits per heavy atom. The number of hydrogen-bond acceptors (Lipinski definition) is 2. The van der Waals surface area contributed by atoms with Crippen LogP contribution in [0.5, 0.6) is 0 Å². The number of allylic oxidation sites excluding steroid dienone is 2. The second-order valence-electron chi connectivity index (χ2n) is 5.28. The van der Waals surface area contributed by atoms with Gasteiger partial charge in [0.25, 0.3) is 0 Å². The van der Waals surface area contributed by atoms with Gasteiger partial charge in [0.15, 0.2) is 5.43 Å². The highest BCUT2D eigenvalue weighted by Crippen LogP contribution is 2.22. The Bertz CT molecular complexity index is 915. The van der Waals surface area contributed by atoms with Crippen LogP contribution in [0.15, 0.2) is 82.0 Å². The predicted octanol–water partition coefficient (Wildman–Crippen LogP) is 5.05. The molecule has 0 amide bonds. The molecule has 3 aromatic rings. The lowest BCUT2D eigenvalue weighted by molar-refractivity contribution is 0.619. The number of fused-ring (bicyclic) bond motifs is 1. The maximum atomic E-state index is 12.4. The van der Waals surface area contributed by atoms with E-state index in [9.17, 15) is 4.79 Å². The molecule has 22 heavy (non-hydrogen) atoms. The van der Waals surface area contributed by atoms with Crippen molar-refractivity contribution in [3.63, 3.8) is 0 Å². The van der Waals surface area contributed by atoms with Crippen LogP contribution in [-0.4, -0.2) is 0 Å². The molecule has 2 nitrogen and oxygen atoms in total. The summed E-state index contributed by atoms with van der Waals surface area (Å²) >= 11 is 0. The van der Waals surface area contributed by atoms with Gasteiger partial charge in [-0.3, -0.25) is 4.79 Å². The first-order chi connectivity index (χ1) is 10.6. The fourth-order valence-corrected chi connectivity index (χ4v) is 2.26. The van der Waals surface area contributed by atoms with E-state index in [4.69, 9.17) is 4.42 Å². The van der Waals surface area contributed by atoms with Gasteiger partial charge in [-0.2, -0.15) is 0 Å². The van der Waals surface area contributed by atoms with Crippen LogP contribution in [-0.2, 0) is 0 Å². The Labute approximate surface area is 129 Å². The average molecular weight is 288 g/mol. The van der Waals surface area contributed by atoms with Crippen molar-refractivity contribution < 1.29 is 4.42 Å². The van der Waals surface area contributed by atoms with Crippen LogP contribution in [0.25, 0.3) is 28.4 Å². The standard InChI is InChI=1S/C20H16O2/c1-14(2)8-9-15-10-11-19-17(12-15)18(21)13-20(22-19)16-6-4-3-5-7-16/h3-13H,1H2,2H3/b9-8+. The number of hydrogen-bond donors (Lipinski definition) is 0. The van der Waals surface area contributed by atoms with E-state index in [2.05, 4.69) is 6.58 Å². The summed E-state index contributed by atoms with van der Waals surface area (Å²) in [5.41, 5.74) is 3.37. The van der Waals surface area contributed by atoms with E-state index >= 15 is 0 Å². The fourth-order valence-electron chi connectivity index (χ4n) is 2.26. The molecule has 0 saturated heterocycles. The van der Waals surface area contributed by atoms with Crippen molar-refractivity contribution in [1.82, 2.24) is 0 Å². The number of rotatable bonds is 3. The molecular formula is C20H16O2. The van der Waals surface area contributed by atoms with E-state index in [0.29, 0.717) is 16.7 Å². The first-order valence-electron chi connectivity index (χ1n) is 7.10. The molecule has 1 heterocycles. The maximum absolute atomic E-state index is 12.4. The summed E-state index contributed by atoms with van der Waals surface area (Å²) in [7, 11) is 0. The van der Waals surface area contributed by atoms with Crippen molar-refractivity contribution in [1.29, 1.82) is 0 Å². The molecule has 108 valence electrons. The Hall–Kier alpha value is -2.87. The van der Waals surface area contributed by atoms with Gasteiger partial charge in [0.05, 0.1) is 5.39 Å². The summed E-state index contributed by atoms with van der Waals surface area (Å²) in [5.74, 6) is 0.586. The van der Waals surface area contributed by atoms with Gasteiger partial charge in [-0.25, -0.2) is 0 Å². The van der Waals surface area contributed by atoms with Crippen LogP contribution in [0.2, 0.25) is 0 Å². The van der Waals surface area contributed by atoms with Crippen LogP contribution in [0.1, 0.15) is 12.5 Å². The van der Waals surface area contributed by atoms with Crippen LogP contribution in [0, 0.1) is 0 Å². The van der Waals surface area contributed by atoms with Crippen LogP contribution >= 0.6 is 0 Å². The third-order valence-electron chi connectivity index (χ3n) is 3.37. The topological polar surface area (TPSA) is 30.2 Å². The Balaban J connectivity index is 2.11. The third-order valence-corrected chi connectivity index (χ3v) is 3.37.